The lowest BCUT2D eigenvalue weighted by Crippen LogP contribution is -2.48. The molecule has 0 saturated carbocycles. The van der Waals surface area contributed by atoms with E-state index in [4.69, 9.17) is 4.74 Å². The maximum Gasteiger partial charge on any atom is 0.410 e. The molecule has 3 nitrogen and oxygen atoms in total. The van der Waals surface area contributed by atoms with E-state index in [1.807, 2.05) is 11.8 Å². The average Bonchev–Trinajstić information content (AvgIpc) is 2.55. The number of carbonyl (C=O) groups is 1. The van der Waals surface area contributed by atoms with Crippen LogP contribution in [0.1, 0.15) is 59.8 Å². The third-order valence-electron chi connectivity index (χ3n) is 4.60. The van der Waals surface area contributed by atoms with Gasteiger partial charge in [0.1, 0.15) is 0 Å². The van der Waals surface area contributed by atoms with Crippen molar-refractivity contribution >= 4 is 6.09 Å². The standard InChI is InChI=1S/C15H27NO2/c1-5-8-18-14(17)16-12-6-7-13(16)10-11(9-12)15(2,3)4/h11-13H,5-10H2,1-4H3. The minimum Gasteiger partial charge on any atom is -0.449 e. The van der Waals surface area contributed by atoms with Gasteiger partial charge in [-0.05, 0) is 43.4 Å². The van der Waals surface area contributed by atoms with E-state index >= 15 is 0 Å². The molecular weight excluding hydrogens is 226 g/mol. The Hall–Kier alpha value is -0.730. The molecule has 2 heterocycles. The molecule has 18 heavy (non-hydrogen) atoms. The van der Waals surface area contributed by atoms with Crippen molar-refractivity contribution in [3.8, 4) is 0 Å². The van der Waals surface area contributed by atoms with E-state index in [1.54, 1.807) is 0 Å². The van der Waals surface area contributed by atoms with Gasteiger partial charge in [0.05, 0.1) is 6.61 Å². The first-order valence-corrected chi connectivity index (χ1v) is 7.38. The van der Waals surface area contributed by atoms with Crippen LogP contribution in [0.4, 0.5) is 4.79 Å². The predicted molar refractivity (Wildman–Crippen MR) is 72.5 cm³/mol. The van der Waals surface area contributed by atoms with Crippen LogP contribution in [0.25, 0.3) is 0 Å². The molecule has 2 bridgehead atoms. The van der Waals surface area contributed by atoms with E-state index in [2.05, 4.69) is 20.8 Å². The monoisotopic (exact) mass is 253 g/mol. The number of hydrogen-bond acceptors (Lipinski definition) is 2. The Morgan fingerprint density at radius 2 is 1.78 bits per heavy atom. The van der Waals surface area contributed by atoms with E-state index in [9.17, 15) is 4.79 Å². The molecule has 0 aromatic rings. The van der Waals surface area contributed by atoms with Crippen molar-refractivity contribution in [1.29, 1.82) is 0 Å². The molecule has 2 rings (SSSR count). The highest BCUT2D eigenvalue weighted by atomic mass is 16.6. The summed E-state index contributed by atoms with van der Waals surface area (Å²) in [4.78, 5) is 14.1. The van der Waals surface area contributed by atoms with Gasteiger partial charge in [-0.1, -0.05) is 27.7 Å². The minimum atomic E-state index is -0.0725. The summed E-state index contributed by atoms with van der Waals surface area (Å²) in [5.41, 5.74) is 0.361. The number of piperidine rings is 1. The van der Waals surface area contributed by atoms with Gasteiger partial charge >= 0.3 is 6.09 Å². The molecule has 2 aliphatic heterocycles. The van der Waals surface area contributed by atoms with Crippen molar-refractivity contribution in [1.82, 2.24) is 4.90 Å². The van der Waals surface area contributed by atoms with Crippen LogP contribution in [0.15, 0.2) is 0 Å². The van der Waals surface area contributed by atoms with Gasteiger partial charge < -0.3 is 9.64 Å². The van der Waals surface area contributed by atoms with Crippen LogP contribution in [0.2, 0.25) is 0 Å². The van der Waals surface area contributed by atoms with Crippen molar-refractivity contribution in [2.24, 2.45) is 11.3 Å². The molecule has 2 unspecified atom stereocenters. The number of nitrogens with zero attached hydrogens (tertiary/aromatic N) is 1. The fourth-order valence-electron chi connectivity index (χ4n) is 3.45. The van der Waals surface area contributed by atoms with Crippen LogP contribution >= 0.6 is 0 Å². The van der Waals surface area contributed by atoms with Crippen LogP contribution in [0.3, 0.4) is 0 Å². The van der Waals surface area contributed by atoms with E-state index < -0.39 is 0 Å². The van der Waals surface area contributed by atoms with Gasteiger partial charge in [-0.3, -0.25) is 0 Å². The maximum atomic E-state index is 12.1. The first-order chi connectivity index (χ1) is 8.43. The van der Waals surface area contributed by atoms with Crippen molar-refractivity contribution in [2.45, 2.75) is 71.9 Å². The van der Waals surface area contributed by atoms with Crippen molar-refractivity contribution in [3.63, 3.8) is 0 Å². The zero-order valence-electron chi connectivity index (χ0n) is 12.2. The molecule has 2 saturated heterocycles. The van der Waals surface area contributed by atoms with Crippen molar-refractivity contribution < 1.29 is 9.53 Å². The summed E-state index contributed by atoms with van der Waals surface area (Å²) in [5.74, 6) is 0.741. The molecule has 0 aromatic heterocycles. The number of fused-ring (bicyclic) bond motifs is 2. The molecule has 0 aromatic carbocycles. The van der Waals surface area contributed by atoms with Crippen LogP contribution in [-0.4, -0.2) is 29.7 Å². The molecule has 2 aliphatic rings. The lowest BCUT2D eigenvalue weighted by Gasteiger charge is -2.43. The van der Waals surface area contributed by atoms with Gasteiger partial charge in [0.2, 0.25) is 0 Å². The molecule has 1 amide bonds. The van der Waals surface area contributed by atoms with Gasteiger partial charge in [0.25, 0.3) is 0 Å². The van der Waals surface area contributed by atoms with Gasteiger partial charge in [-0.25, -0.2) is 4.79 Å². The highest BCUT2D eigenvalue weighted by Gasteiger charge is 2.46. The quantitative estimate of drug-likeness (QED) is 0.748. The summed E-state index contributed by atoms with van der Waals surface area (Å²) in [5, 5.41) is 0. The second-order valence-corrected chi connectivity index (χ2v) is 6.94. The summed E-state index contributed by atoms with van der Waals surface area (Å²) in [6, 6.07) is 0.856. The highest BCUT2D eigenvalue weighted by Crippen LogP contribution is 2.45. The summed E-state index contributed by atoms with van der Waals surface area (Å²) in [7, 11) is 0. The fraction of sp³-hybridized carbons (Fsp3) is 0.933. The Kier molecular flexibility index (Phi) is 3.88. The number of ether oxygens (including phenoxy) is 1. The van der Waals surface area contributed by atoms with Gasteiger partial charge in [0.15, 0.2) is 0 Å². The average molecular weight is 253 g/mol. The van der Waals surface area contributed by atoms with Gasteiger partial charge in [0, 0.05) is 12.1 Å². The Balaban J connectivity index is 2.00. The van der Waals surface area contributed by atoms with Crippen LogP contribution in [0, 0.1) is 11.3 Å². The number of hydrogen-bond donors (Lipinski definition) is 0. The maximum absolute atomic E-state index is 12.1. The van der Waals surface area contributed by atoms with Crippen molar-refractivity contribution in [2.75, 3.05) is 6.61 Å². The Bertz CT molecular complexity index is 294. The molecule has 0 radical (unpaired) electrons. The number of rotatable bonds is 2. The molecular formula is C15H27NO2. The molecule has 3 heteroatoms. The molecule has 2 fully saturated rings. The largest absolute Gasteiger partial charge is 0.449 e. The third-order valence-corrected chi connectivity index (χ3v) is 4.60. The predicted octanol–water partition coefficient (Wildman–Crippen LogP) is 3.82. The first-order valence-electron chi connectivity index (χ1n) is 7.38. The van der Waals surface area contributed by atoms with Gasteiger partial charge in [-0.15, -0.1) is 0 Å². The zero-order valence-corrected chi connectivity index (χ0v) is 12.2. The van der Waals surface area contributed by atoms with E-state index in [1.165, 1.54) is 12.8 Å². The fourth-order valence-corrected chi connectivity index (χ4v) is 3.45. The van der Waals surface area contributed by atoms with Gasteiger partial charge in [-0.2, -0.15) is 0 Å². The van der Waals surface area contributed by atoms with Crippen LogP contribution in [-0.2, 0) is 4.74 Å². The summed E-state index contributed by atoms with van der Waals surface area (Å²) >= 11 is 0. The Labute approximate surface area is 111 Å². The normalized spacial score (nSPS) is 31.6. The minimum absolute atomic E-state index is 0.0725. The summed E-state index contributed by atoms with van der Waals surface area (Å²) in [6.07, 6.45) is 5.47. The second kappa shape index (κ2) is 5.10. The molecule has 104 valence electrons. The molecule has 0 spiro atoms. The smallest absolute Gasteiger partial charge is 0.410 e. The second-order valence-electron chi connectivity index (χ2n) is 6.94. The lowest BCUT2D eigenvalue weighted by molar-refractivity contribution is 0.0355. The lowest BCUT2D eigenvalue weighted by atomic mass is 9.73. The SMILES string of the molecule is CCCOC(=O)N1C2CCC1CC(C(C)(C)C)C2. The van der Waals surface area contributed by atoms with Crippen molar-refractivity contribution in [3.05, 3.63) is 0 Å². The topological polar surface area (TPSA) is 29.5 Å². The number of carbonyl (C=O) groups excluding carboxylic acids is 1. The molecule has 0 N–H and O–H groups in total. The summed E-state index contributed by atoms with van der Waals surface area (Å²) in [6.45, 7) is 9.55. The first kappa shape index (κ1) is 13.7. The molecule has 2 atom stereocenters. The Morgan fingerprint density at radius 1 is 1.22 bits per heavy atom. The van der Waals surface area contributed by atoms with Crippen LogP contribution in [0.5, 0.6) is 0 Å². The molecule has 0 aliphatic carbocycles. The third kappa shape index (κ3) is 2.65. The Morgan fingerprint density at radius 3 is 2.22 bits per heavy atom. The van der Waals surface area contributed by atoms with E-state index in [0.29, 0.717) is 24.1 Å². The zero-order chi connectivity index (χ0) is 13.3. The van der Waals surface area contributed by atoms with E-state index in [0.717, 1.165) is 25.2 Å². The summed E-state index contributed by atoms with van der Waals surface area (Å²) < 4.78 is 5.32. The number of amides is 1. The highest BCUT2D eigenvalue weighted by molar-refractivity contribution is 5.69. The van der Waals surface area contributed by atoms with E-state index in [-0.39, 0.29) is 6.09 Å². The van der Waals surface area contributed by atoms with Crippen LogP contribution < -0.4 is 0 Å².